The van der Waals surface area contributed by atoms with Crippen LogP contribution in [0.15, 0.2) is 97.1 Å². The first-order chi connectivity index (χ1) is 24.4. The highest BCUT2D eigenvalue weighted by Gasteiger charge is 2.26. The van der Waals surface area contributed by atoms with E-state index in [-0.39, 0.29) is 38.6 Å². The molecular formula is C40H42N2O8. The first-order valence-electron chi connectivity index (χ1n) is 16.6. The molecule has 260 valence electrons. The number of benzene rings is 4. The molecule has 2 heterocycles. The van der Waals surface area contributed by atoms with Crippen molar-refractivity contribution in [1.82, 2.24) is 9.80 Å². The number of fused-ring (bicyclic) bond motifs is 2. The number of methoxy groups -OCH3 is 2. The first kappa shape index (κ1) is 34.2. The second kappa shape index (κ2) is 16.2. The Balaban J connectivity index is 1.03. The Hall–Kier alpha value is -5.64. The van der Waals surface area contributed by atoms with Crippen molar-refractivity contribution in [2.75, 3.05) is 40.5 Å². The number of carbonyl (C=O) groups excluding carboxylic acids is 2. The second-order valence-electron chi connectivity index (χ2n) is 12.3. The quantitative estimate of drug-likeness (QED) is 0.146. The lowest BCUT2D eigenvalue weighted by molar-refractivity contribution is 0.0911. The van der Waals surface area contributed by atoms with Crippen LogP contribution in [0.5, 0.6) is 23.0 Å². The third-order valence-corrected chi connectivity index (χ3v) is 8.79. The van der Waals surface area contributed by atoms with Gasteiger partial charge >= 0.3 is 12.2 Å². The zero-order valence-electron chi connectivity index (χ0n) is 28.5. The van der Waals surface area contributed by atoms with Crippen LogP contribution in [0.3, 0.4) is 0 Å². The van der Waals surface area contributed by atoms with Crippen molar-refractivity contribution in [1.29, 1.82) is 0 Å². The number of hydrogen-bond acceptors (Lipinski definition) is 8. The highest BCUT2D eigenvalue weighted by atomic mass is 16.6. The van der Waals surface area contributed by atoms with Crippen molar-refractivity contribution in [3.63, 3.8) is 0 Å². The minimum absolute atomic E-state index is 0.187. The molecule has 0 saturated heterocycles. The number of carbonyl (C=O) groups is 2. The van der Waals surface area contributed by atoms with Crippen LogP contribution in [0.2, 0.25) is 0 Å². The van der Waals surface area contributed by atoms with Crippen molar-refractivity contribution in [3.05, 3.63) is 130 Å². The van der Waals surface area contributed by atoms with Gasteiger partial charge in [-0.2, -0.15) is 0 Å². The van der Waals surface area contributed by atoms with E-state index < -0.39 is 0 Å². The largest absolute Gasteiger partial charge is 0.493 e. The lowest BCUT2D eigenvalue weighted by atomic mass is 9.99. The molecule has 4 aromatic rings. The molecule has 10 heteroatoms. The summed E-state index contributed by atoms with van der Waals surface area (Å²) in [5.74, 6) is 2.33. The number of ether oxygens (including phenoxy) is 6. The molecule has 2 amide bonds. The van der Waals surface area contributed by atoms with Crippen LogP contribution in [0.4, 0.5) is 9.59 Å². The minimum atomic E-state index is -0.350. The molecule has 6 rings (SSSR count). The molecule has 2 aliphatic heterocycles. The molecule has 4 aromatic carbocycles. The van der Waals surface area contributed by atoms with E-state index in [1.807, 2.05) is 84.9 Å². The number of hydrogen-bond donors (Lipinski definition) is 0. The minimum Gasteiger partial charge on any atom is -0.493 e. The summed E-state index contributed by atoms with van der Waals surface area (Å²) in [5, 5.41) is 0. The van der Waals surface area contributed by atoms with Gasteiger partial charge in [0.15, 0.2) is 23.0 Å². The third-order valence-electron chi connectivity index (χ3n) is 8.79. The Labute approximate surface area is 292 Å². The summed E-state index contributed by atoms with van der Waals surface area (Å²) in [4.78, 5) is 29.1. The zero-order valence-corrected chi connectivity index (χ0v) is 28.5. The van der Waals surface area contributed by atoms with Gasteiger partial charge in [-0.05, 0) is 76.1 Å². The molecule has 0 spiro atoms. The van der Waals surface area contributed by atoms with E-state index in [2.05, 4.69) is 6.58 Å². The summed E-state index contributed by atoms with van der Waals surface area (Å²) in [6.45, 7) is 6.92. The maximum atomic E-state index is 12.8. The molecule has 0 bridgehead atoms. The summed E-state index contributed by atoms with van der Waals surface area (Å²) in [6.07, 6.45) is 0.665. The van der Waals surface area contributed by atoms with Gasteiger partial charge < -0.3 is 38.2 Å². The molecule has 50 heavy (non-hydrogen) atoms. The molecule has 10 nitrogen and oxygen atoms in total. The number of rotatable bonds is 12. The fourth-order valence-corrected chi connectivity index (χ4v) is 6.01. The van der Waals surface area contributed by atoms with Gasteiger partial charge in [-0.25, -0.2) is 9.59 Å². The lowest BCUT2D eigenvalue weighted by Gasteiger charge is -2.29. The zero-order chi connectivity index (χ0) is 34.9. The Morgan fingerprint density at radius 1 is 0.600 bits per heavy atom. The molecule has 0 atom stereocenters. The molecule has 0 unspecified atom stereocenters. The summed E-state index contributed by atoms with van der Waals surface area (Å²) < 4.78 is 34.7. The summed E-state index contributed by atoms with van der Waals surface area (Å²) >= 11 is 0. The van der Waals surface area contributed by atoms with Gasteiger partial charge in [-0.3, -0.25) is 0 Å². The average Bonchev–Trinajstić information content (AvgIpc) is 3.16. The van der Waals surface area contributed by atoms with E-state index in [0.29, 0.717) is 67.6 Å². The predicted octanol–water partition coefficient (Wildman–Crippen LogP) is 7.11. The molecule has 0 aromatic heterocycles. The Bertz CT molecular complexity index is 1680. The van der Waals surface area contributed by atoms with Crippen molar-refractivity contribution < 1.29 is 38.0 Å². The summed E-state index contributed by atoms with van der Waals surface area (Å²) in [7, 11) is 3.21. The molecule has 0 radical (unpaired) electrons. The predicted molar refractivity (Wildman–Crippen MR) is 188 cm³/mol. The standard InChI is InChI=1S/C40H42N2O8/c1-28(24-47-37-20-33-22-41(16-14-31(33)18-35(37)45-2)39(43)49-26-29-10-6-4-7-11-29)25-48-38-21-34-23-42(17-15-32(34)19-36(38)46-3)40(44)50-27-30-12-8-5-9-13-30/h4-13,18-21H,1,14-17,22-27H2,2-3H3. The summed E-state index contributed by atoms with van der Waals surface area (Å²) in [5.41, 5.74) is 6.73. The summed E-state index contributed by atoms with van der Waals surface area (Å²) in [6, 6.07) is 27.0. The fourth-order valence-electron chi connectivity index (χ4n) is 6.01. The maximum absolute atomic E-state index is 12.8. The fraction of sp³-hybridized carbons (Fsp3) is 0.300. The molecule has 0 aliphatic carbocycles. The molecule has 0 N–H and O–H groups in total. The maximum Gasteiger partial charge on any atom is 0.410 e. The van der Waals surface area contributed by atoms with Crippen LogP contribution in [0, 0.1) is 0 Å². The third kappa shape index (κ3) is 8.49. The number of amides is 2. The number of nitrogens with zero attached hydrogens (tertiary/aromatic N) is 2. The van der Waals surface area contributed by atoms with Crippen molar-refractivity contribution in [3.8, 4) is 23.0 Å². The van der Waals surface area contributed by atoms with Gasteiger partial charge in [0.25, 0.3) is 0 Å². The van der Waals surface area contributed by atoms with E-state index in [9.17, 15) is 9.59 Å². The topological polar surface area (TPSA) is 96.0 Å². The van der Waals surface area contributed by atoms with E-state index in [0.717, 1.165) is 33.4 Å². The smallest absolute Gasteiger partial charge is 0.410 e. The lowest BCUT2D eigenvalue weighted by Crippen LogP contribution is -2.36. The van der Waals surface area contributed by atoms with Crippen LogP contribution in [-0.4, -0.2) is 62.5 Å². The van der Waals surface area contributed by atoms with E-state index >= 15 is 0 Å². The monoisotopic (exact) mass is 678 g/mol. The van der Waals surface area contributed by atoms with Crippen molar-refractivity contribution in [2.45, 2.75) is 39.1 Å². The molecular weight excluding hydrogens is 636 g/mol. The van der Waals surface area contributed by atoms with Gasteiger partial charge in [0.2, 0.25) is 0 Å². The van der Waals surface area contributed by atoms with Crippen molar-refractivity contribution in [2.24, 2.45) is 0 Å². The first-order valence-corrected chi connectivity index (χ1v) is 16.6. The Kier molecular flexibility index (Phi) is 11.1. The van der Waals surface area contributed by atoms with Gasteiger partial charge in [0, 0.05) is 26.2 Å². The normalized spacial score (nSPS) is 13.4. The Morgan fingerprint density at radius 2 is 1.00 bits per heavy atom. The van der Waals surface area contributed by atoms with Crippen LogP contribution in [0.1, 0.15) is 33.4 Å². The van der Waals surface area contributed by atoms with Crippen LogP contribution < -0.4 is 18.9 Å². The van der Waals surface area contributed by atoms with Crippen LogP contribution >= 0.6 is 0 Å². The van der Waals surface area contributed by atoms with E-state index in [1.54, 1.807) is 24.0 Å². The second-order valence-corrected chi connectivity index (χ2v) is 12.3. The van der Waals surface area contributed by atoms with Gasteiger partial charge in [-0.15, -0.1) is 0 Å². The van der Waals surface area contributed by atoms with Crippen molar-refractivity contribution >= 4 is 12.2 Å². The van der Waals surface area contributed by atoms with E-state index in [4.69, 9.17) is 28.4 Å². The van der Waals surface area contributed by atoms with Crippen LogP contribution in [0.25, 0.3) is 0 Å². The average molecular weight is 679 g/mol. The highest BCUT2D eigenvalue weighted by molar-refractivity contribution is 5.69. The van der Waals surface area contributed by atoms with Crippen LogP contribution in [-0.2, 0) is 48.6 Å². The van der Waals surface area contributed by atoms with E-state index in [1.165, 1.54) is 0 Å². The van der Waals surface area contributed by atoms with Gasteiger partial charge in [0.05, 0.1) is 14.2 Å². The molecule has 2 aliphatic rings. The van der Waals surface area contributed by atoms with Gasteiger partial charge in [0.1, 0.15) is 26.4 Å². The highest BCUT2D eigenvalue weighted by Crippen LogP contribution is 2.36. The molecule has 0 saturated carbocycles. The van der Waals surface area contributed by atoms with Gasteiger partial charge in [-0.1, -0.05) is 67.2 Å². The molecule has 0 fully saturated rings. The SMILES string of the molecule is C=C(COc1cc2c(cc1OC)CCN(C(=O)OCc1ccccc1)C2)COc1cc2c(cc1OC)CCN(C(=O)OCc1ccccc1)C2. The Morgan fingerprint density at radius 3 is 1.40 bits per heavy atom.